The molecule has 0 saturated heterocycles. The molecule has 1 aliphatic carbocycles. The molecule has 0 bridgehead atoms. The van der Waals surface area contributed by atoms with Gasteiger partial charge in [-0.05, 0) is 37.4 Å². The van der Waals surface area contributed by atoms with E-state index in [-0.39, 0.29) is 5.82 Å². The van der Waals surface area contributed by atoms with Gasteiger partial charge in [-0.3, -0.25) is 0 Å². The molecule has 1 aromatic carbocycles. The van der Waals surface area contributed by atoms with Gasteiger partial charge >= 0.3 is 0 Å². The van der Waals surface area contributed by atoms with E-state index in [1.54, 1.807) is 13.2 Å². The van der Waals surface area contributed by atoms with Crippen LogP contribution < -0.4 is 15.8 Å². The zero-order valence-electron chi connectivity index (χ0n) is 10.8. The maximum Gasteiger partial charge on any atom is 0.144 e. The summed E-state index contributed by atoms with van der Waals surface area (Å²) in [4.78, 5) is 0. The lowest BCUT2D eigenvalue weighted by Crippen LogP contribution is -2.36. The van der Waals surface area contributed by atoms with Crippen LogP contribution in [0.25, 0.3) is 0 Å². The van der Waals surface area contributed by atoms with Gasteiger partial charge < -0.3 is 15.8 Å². The third-order valence-electron chi connectivity index (χ3n) is 3.72. The van der Waals surface area contributed by atoms with Crippen molar-refractivity contribution in [2.24, 2.45) is 11.7 Å². The zero-order chi connectivity index (χ0) is 13.0. The number of anilines is 1. The molecule has 3 nitrogen and oxygen atoms in total. The Bertz CT molecular complexity index is 397. The van der Waals surface area contributed by atoms with Gasteiger partial charge in [-0.1, -0.05) is 12.8 Å². The monoisotopic (exact) mass is 252 g/mol. The molecule has 0 radical (unpaired) electrons. The van der Waals surface area contributed by atoms with E-state index in [0.29, 0.717) is 24.3 Å². The first kappa shape index (κ1) is 13.1. The summed E-state index contributed by atoms with van der Waals surface area (Å²) < 4.78 is 18.3. The Morgan fingerprint density at radius 1 is 1.39 bits per heavy atom. The van der Waals surface area contributed by atoms with Crippen molar-refractivity contribution in [3.63, 3.8) is 0 Å². The normalized spacial score (nSPS) is 23.7. The maximum absolute atomic E-state index is 13.1. The van der Waals surface area contributed by atoms with Crippen LogP contribution >= 0.6 is 0 Å². The Morgan fingerprint density at radius 2 is 2.17 bits per heavy atom. The molecular weight excluding hydrogens is 231 g/mol. The fourth-order valence-electron chi connectivity index (χ4n) is 2.66. The maximum atomic E-state index is 13.1. The van der Waals surface area contributed by atoms with Crippen molar-refractivity contribution in [1.29, 1.82) is 0 Å². The predicted octanol–water partition coefficient (Wildman–Crippen LogP) is 2.76. The molecule has 1 saturated carbocycles. The molecule has 0 spiro atoms. The second-order valence-electron chi connectivity index (χ2n) is 4.88. The van der Waals surface area contributed by atoms with E-state index in [1.807, 2.05) is 0 Å². The number of rotatable bonds is 4. The van der Waals surface area contributed by atoms with Crippen LogP contribution in [0, 0.1) is 11.7 Å². The molecule has 18 heavy (non-hydrogen) atoms. The largest absolute Gasteiger partial charge is 0.494 e. The SMILES string of the molecule is COc1cc(F)ccc1NC1CCCCC1CN. The molecular formula is C14H21FN2O. The van der Waals surface area contributed by atoms with Crippen LogP contribution in [0.1, 0.15) is 25.7 Å². The Hall–Kier alpha value is -1.29. The first-order valence-electron chi connectivity index (χ1n) is 6.54. The number of ether oxygens (including phenoxy) is 1. The van der Waals surface area contributed by atoms with Crippen molar-refractivity contribution >= 4 is 5.69 Å². The highest BCUT2D eigenvalue weighted by Gasteiger charge is 2.24. The standard InChI is InChI=1S/C14H21FN2O/c1-18-14-8-11(15)6-7-13(14)17-12-5-3-2-4-10(12)9-16/h6-8,10,12,17H,2-5,9,16H2,1H3. The van der Waals surface area contributed by atoms with E-state index in [9.17, 15) is 4.39 Å². The minimum Gasteiger partial charge on any atom is -0.494 e. The van der Waals surface area contributed by atoms with E-state index in [0.717, 1.165) is 18.5 Å². The van der Waals surface area contributed by atoms with E-state index in [4.69, 9.17) is 10.5 Å². The molecule has 0 aliphatic heterocycles. The Morgan fingerprint density at radius 3 is 2.89 bits per heavy atom. The molecule has 0 aromatic heterocycles. The first-order valence-corrected chi connectivity index (χ1v) is 6.54. The number of methoxy groups -OCH3 is 1. The van der Waals surface area contributed by atoms with Crippen molar-refractivity contribution in [3.8, 4) is 5.75 Å². The van der Waals surface area contributed by atoms with Crippen LogP contribution in [-0.4, -0.2) is 19.7 Å². The highest BCUT2D eigenvalue weighted by molar-refractivity contribution is 5.57. The minimum absolute atomic E-state index is 0.281. The predicted molar refractivity (Wildman–Crippen MR) is 71.4 cm³/mol. The fraction of sp³-hybridized carbons (Fsp3) is 0.571. The zero-order valence-corrected chi connectivity index (χ0v) is 10.8. The Labute approximate surface area is 108 Å². The molecule has 2 rings (SSSR count). The van der Waals surface area contributed by atoms with Gasteiger partial charge in [0.15, 0.2) is 0 Å². The van der Waals surface area contributed by atoms with Gasteiger partial charge in [0, 0.05) is 12.1 Å². The average Bonchev–Trinajstić information content (AvgIpc) is 2.41. The van der Waals surface area contributed by atoms with Crippen LogP contribution in [-0.2, 0) is 0 Å². The topological polar surface area (TPSA) is 47.3 Å². The summed E-state index contributed by atoms with van der Waals surface area (Å²) >= 11 is 0. The quantitative estimate of drug-likeness (QED) is 0.866. The summed E-state index contributed by atoms with van der Waals surface area (Å²) in [5.41, 5.74) is 6.66. The molecule has 2 atom stereocenters. The highest BCUT2D eigenvalue weighted by atomic mass is 19.1. The Kier molecular flexibility index (Phi) is 4.42. The number of nitrogens with one attached hydrogen (secondary N) is 1. The molecule has 2 unspecified atom stereocenters. The van der Waals surface area contributed by atoms with Gasteiger partial charge in [0.25, 0.3) is 0 Å². The van der Waals surface area contributed by atoms with Crippen LogP contribution in [0.3, 0.4) is 0 Å². The number of hydrogen-bond acceptors (Lipinski definition) is 3. The van der Waals surface area contributed by atoms with Crippen LogP contribution in [0.15, 0.2) is 18.2 Å². The van der Waals surface area contributed by atoms with E-state index in [2.05, 4.69) is 5.32 Å². The third kappa shape index (κ3) is 2.93. The molecule has 0 heterocycles. The molecule has 100 valence electrons. The number of halogens is 1. The minimum atomic E-state index is -0.281. The Balaban J connectivity index is 2.12. The summed E-state index contributed by atoms with van der Waals surface area (Å²) in [6, 6.07) is 4.95. The first-order chi connectivity index (χ1) is 8.74. The van der Waals surface area contributed by atoms with Crippen molar-refractivity contribution in [1.82, 2.24) is 0 Å². The van der Waals surface area contributed by atoms with E-state index in [1.165, 1.54) is 25.0 Å². The molecule has 3 N–H and O–H groups in total. The van der Waals surface area contributed by atoms with E-state index < -0.39 is 0 Å². The second kappa shape index (κ2) is 6.05. The highest BCUT2D eigenvalue weighted by Crippen LogP contribution is 2.31. The second-order valence-corrected chi connectivity index (χ2v) is 4.88. The van der Waals surface area contributed by atoms with Crippen molar-refractivity contribution in [2.75, 3.05) is 19.0 Å². The lowest BCUT2D eigenvalue weighted by Gasteiger charge is -2.32. The van der Waals surface area contributed by atoms with Gasteiger partial charge in [0.2, 0.25) is 0 Å². The lowest BCUT2D eigenvalue weighted by molar-refractivity contribution is 0.331. The molecule has 1 aromatic rings. The van der Waals surface area contributed by atoms with Gasteiger partial charge in [-0.2, -0.15) is 0 Å². The number of nitrogens with two attached hydrogens (primary N) is 1. The summed E-state index contributed by atoms with van der Waals surface area (Å²) in [5, 5.41) is 3.46. The summed E-state index contributed by atoms with van der Waals surface area (Å²) in [5.74, 6) is 0.765. The molecule has 1 fully saturated rings. The van der Waals surface area contributed by atoms with Crippen molar-refractivity contribution in [2.45, 2.75) is 31.7 Å². The molecule has 4 heteroatoms. The lowest BCUT2D eigenvalue weighted by atomic mass is 9.84. The van der Waals surface area contributed by atoms with Crippen molar-refractivity contribution in [3.05, 3.63) is 24.0 Å². The average molecular weight is 252 g/mol. The summed E-state index contributed by atoms with van der Waals surface area (Å²) in [6.45, 7) is 0.696. The number of hydrogen-bond donors (Lipinski definition) is 2. The van der Waals surface area contributed by atoms with Gasteiger partial charge in [-0.25, -0.2) is 4.39 Å². The van der Waals surface area contributed by atoms with Crippen LogP contribution in [0.5, 0.6) is 5.75 Å². The molecule has 0 amide bonds. The number of benzene rings is 1. The summed E-state index contributed by atoms with van der Waals surface area (Å²) in [7, 11) is 1.56. The van der Waals surface area contributed by atoms with Crippen LogP contribution in [0.4, 0.5) is 10.1 Å². The summed E-state index contributed by atoms with van der Waals surface area (Å²) in [6.07, 6.45) is 4.75. The smallest absolute Gasteiger partial charge is 0.144 e. The fourth-order valence-corrected chi connectivity index (χ4v) is 2.66. The van der Waals surface area contributed by atoms with Crippen LogP contribution in [0.2, 0.25) is 0 Å². The molecule has 1 aliphatic rings. The van der Waals surface area contributed by atoms with E-state index >= 15 is 0 Å². The third-order valence-corrected chi connectivity index (χ3v) is 3.72. The van der Waals surface area contributed by atoms with Gasteiger partial charge in [0.1, 0.15) is 11.6 Å². The van der Waals surface area contributed by atoms with Gasteiger partial charge in [-0.15, -0.1) is 0 Å². The van der Waals surface area contributed by atoms with Crippen molar-refractivity contribution < 1.29 is 9.13 Å². The van der Waals surface area contributed by atoms with Gasteiger partial charge in [0.05, 0.1) is 12.8 Å².